The van der Waals surface area contributed by atoms with Gasteiger partial charge in [-0.1, -0.05) is 12.1 Å². The van der Waals surface area contributed by atoms with Gasteiger partial charge in [-0.3, -0.25) is 19.1 Å². The van der Waals surface area contributed by atoms with Crippen LogP contribution in [-0.4, -0.2) is 39.8 Å². The molecule has 1 saturated heterocycles. The molecule has 0 saturated carbocycles. The Morgan fingerprint density at radius 2 is 2.07 bits per heavy atom. The lowest BCUT2D eigenvalue weighted by molar-refractivity contribution is -0.127. The van der Waals surface area contributed by atoms with Crippen LogP contribution in [0.2, 0.25) is 0 Å². The first kappa shape index (κ1) is 20.3. The van der Waals surface area contributed by atoms with Gasteiger partial charge in [0, 0.05) is 32.3 Å². The van der Waals surface area contributed by atoms with E-state index in [4.69, 9.17) is 0 Å². The number of amides is 1. The van der Waals surface area contributed by atoms with Crippen molar-refractivity contribution in [3.8, 4) is 11.9 Å². The zero-order valence-corrected chi connectivity index (χ0v) is 16.1. The zero-order valence-electron chi connectivity index (χ0n) is 16.1. The van der Waals surface area contributed by atoms with E-state index in [0.29, 0.717) is 25.9 Å². The van der Waals surface area contributed by atoms with Gasteiger partial charge in [0.15, 0.2) is 0 Å². The monoisotopic (exact) mass is 396 g/mol. The van der Waals surface area contributed by atoms with Crippen LogP contribution in [0.25, 0.3) is 0 Å². The molecule has 1 amide bonds. The first-order valence-electron chi connectivity index (χ1n) is 9.37. The Bertz CT molecular complexity index is 1070. The van der Waals surface area contributed by atoms with Gasteiger partial charge >= 0.3 is 0 Å². The average Bonchev–Trinajstić information content (AvgIpc) is 3.11. The quantitative estimate of drug-likeness (QED) is 0.759. The van der Waals surface area contributed by atoms with Crippen molar-refractivity contribution >= 4 is 17.8 Å². The molecule has 1 aromatic carbocycles. The van der Waals surface area contributed by atoms with Crippen LogP contribution < -0.4 is 5.56 Å². The Morgan fingerprint density at radius 3 is 2.72 bits per heavy atom. The number of carbonyl (C=O) groups excluding carboxylic acids is 1. The first-order chi connectivity index (χ1) is 13.9. The molecule has 1 N–H and O–H groups in total. The third-order valence-electron chi connectivity index (χ3n) is 5.01. The molecule has 2 heterocycles. The number of hydrogen-bond donors (Lipinski definition) is 1. The van der Waals surface area contributed by atoms with E-state index in [-0.39, 0.29) is 40.7 Å². The van der Waals surface area contributed by atoms with Gasteiger partial charge in [0.05, 0.1) is 11.3 Å². The van der Waals surface area contributed by atoms with E-state index in [0.717, 1.165) is 11.0 Å². The Kier molecular flexibility index (Phi) is 6.07. The molecular formula is C21H21FN4O3. The summed E-state index contributed by atoms with van der Waals surface area (Å²) >= 11 is 0. The fourth-order valence-electron chi connectivity index (χ4n) is 3.38. The molecule has 0 bridgehead atoms. The lowest BCUT2D eigenvalue weighted by Crippen LogP contribution is -2.29. The predicted molar refractivity (Wildman–Crippen MR) is 106 cm³/mol. The number of nitrogens with zero attached hydrogens (tertiary/aromatic N) is 4. The van der Waals surface area contributed by atoms with Crippen LogP contribution in [-0.2, 0) is 11.3 Å². The number of halogens is 1. The van der Waals surface area contributed by atoms with Crippen LogP contribution in [0.5, 0.6) is 5.88 Å². The van der Waals surface area contributed by atoms with Crippen LogP contribution in [0.3, 0.4) is 0 Å². The van der Waals surface area contributed by atoms with Crippen LogP contribution in [0.1, 0.15) is 36.0 Å². The molecule has 2 aromatic rings. The minimum atomic E-state index is -0.599. The van der Waals surface area contributed by atoms with Gasteiger partial charge in [-0.2, -0.15) is 5.26 Å². The SMILES string of the molecule is Cc1c(C=Nc2ccccc2F)c(O)n(CCCN2CCCC2=O)c(=O)c1C#N. The number of rotatable bonds is 6. The molecular weight excluding hydrogens is 375 g/mol. The smallest absolute Gasteiger partial charge is 0.271 e. The topological polar surface area (TPSA) is 98.7 Å². The molecule has 0 aliphatic carbocycles. The number of para-hydroxylation sites is 1. The van der Waals surface area contributed by atoms with E-state index < -0.39 is 11.4 Å². The van der Waals surface area contributed by atoms with Crippen LogP contribution >= 0.6 is 0 Å². The maximum atomic E-state index is 13.8. The molecule has 1 fully saturated rings. The third kappa shape index (κ3) is 4.19. The first-order valence-corrected chi connectivity index (χ1v) is 9.37. The summed E-state index contributed by atoms with van der Waals surface area (Å²) < 4.78 is 14.9. The fraction of sp³-hybridized carbons (Fsp3) is 0.333. The molecule has 0 unspecified atom stereocenters. The number of carbonyl (C=O) groups is 1. The summed E-state index contributed by atoms with van der Waals surface area (Å²) in [7, 11) is 0. The van der Waals surface area contributed by atoms with Crippen molar-refractivity contribution in [2.24, 2.45) is 4.99 Å². The summed E-state index contributed by atoms with van der Waals surface area (Å²) in [5.74, 6) is -0.773. The summed E-state index contributed by atoms with van der Waals surface area (Å²) in [6.07, 6.45) is 3.07. The van der Waals surface area contributed by atoms with E-state index in [1.807, 2.05) is 6.07 Å². The van der Waals surface area contributed by atoms with E-state index in [1.54, 1.807) is 11.0 Å². The highest BCUT2D eigenvalue weighted by Crippen LogP contribution is 2.23. The lowest BCUT2D eigenvalue weighted by atomic mass is 10.1. The van der Waals surface area contributed by atoms with Crippen molar-refractivity contribution in [1.29, 1.82) is 5.26 Å². The highest BCUT2D eigenvalue weighted by molar-refractivity contribution is 5.87. The molecule has 7 nitrogen and oxygen atoms in total. The third-order valence-corrected chi connectivity index (χ3v) is 5.01. The number of hydrogen-bond acceptors (Lipinski definition) is 5. The highest BCUT2D eigenvalue weighted by Gasteiger charge is 2.21. The number of pyridine rings is 1. The van der Waals surface area contributed by atoms with Crippen molar-refractivity contribution in [3.05, 3.63) is 57.1 Å². The number of nitriles is 1. The average molecular weight is 396 g/mol. The molecule has 0 atom stereocenters. The molecule has 8 heteroatoms. The van der Waals surface area contributed by atoms with Crippen molar-refractivity contribution in [3.63, 3.8) is 0 Å². The second-order valence-corrected chi connectivity index (χ2v) is 6.85. The van der Waals surface area contributed by atoms with Crippen molar-refractivity contribution in [2.45, 2.75) is 32.7 Å². The number of likely N-dealkylation sites (tertiary alicyclic amines) is 1. The van der Waals surface area contributed by atoms with Crippen LogP contribution in [0.4, 0.5) is 10.1 Å². The molecule has 150 valence electrons. The molecule has 29 heavy (non-hydrogen) atoms. The summed E-state index contributed by atoms with van der Waals surface area (Å²) in [6, 6.07) is 7.78. The second kappa shape index (κ2) is 8.69. The summed E-state index contributed by atoms with van der Waals surface area (Å²) in [4.78, 5) is 30.1. The molecule has 0 radical (unpaired) electrons. The number of aromatic nitrogens is 1. The van der Waals surface area contributed by atoms with Crippen LogP contribution in [0.15, 0.2) is 34.1 Å². The molecule has 0 spiro atoms. The van der Waals surface area contributed by atoms with E-state index >= 15 is 0 Å². The Balaban J connectivity index is 1.91. The molecule has 1 aromatic heterocycles. The van der Waals surface area contributed by atoms with E-state index in [1.165, 1.54) is 31.3 Å². The van der Waals surface area contributed by atoms with E-state index in [2.05, 4.69) is 4.99 Å². The summed E-state index contributed by atoms with van der Waals surface area (Å²) in [5.41, 5.74) is -0.161. The highest BCUT2D eigenvalue weighted by atomic mass is 19.1. The second-order valence-electron chi connectivity index (χ2n) is 6.85. The number of benzene rings is 1. The minimum Gasteiger partial charge on any atom is -0.494 e. The number of aromatic hydroxyl groups is 1. The van der Waals surface area contributed by atoms with Gasteiger partial charge in [-0.15, -0.1) is 0 Å². The standard InChI is InChI=1S/C21H21FN4O3/c1-14-15(12-23)20(28)26(11-5-10-25-9-4-8-19(25)27)21(29)16(14)13-24-18-7-3-2-6-17(18)22/h2-3,6-7,13,29H,4-5,8-11H2,1H3. The molecule has 1 aliphatic rings. The molecule has 3 rings (SSSR count). The normalized spacial score (nSPS) is 14.0. The predicted octanol–water partition coefficient (Wildman–Crippen LogP) is 2.64. The van der Waals surface area contributed by atoms with Gasteiger partial charge in [-0.05, 0) is 37.5 Å². The summed E-state index contributed by atoms with van der Waals surface area (Å²) in [5, 5.41) is 20.0. The Labute approximate surface area is 167 Å². The van der Waals surface area contributed by atoms with Gasteiger partial charge in [0.2, 0.25) is 11.8 Å². The van der Waals surface area contributed by atoms with Gasteiger partial charge in [0.25, 0.3) is 5.56 Å². The minimum absolute atomic E-state index is 0.0788. The maximum absolute atomic E-state index is 13.8. The van der Waals surface area contributed by atoms with E-state index in [9.17, 15) is 24.3 Å². The van der Waals surface area contributed by atoms with Crippen LogP contribution in [0, 0.1) is 24.1 Å². The summed E-state index contributed by atoms with van der Waals surface area (Å²) in [6.45, 7) is 2.84. The lowest BCUT2D eigenvalue weighted by Gasteiger charge is -2.17. The maximum Gasteiger partial charge on any atom is 0.271 e. The van der Waals surface area contributed by atoms with Crippen molar-refractivity contribution in [2.75, 3.05) is 13.1 Å². The fourth-order valence-corrected chi connectivity index (χ4v) is 3.38. The Morgan fingerprint density at radius 1 is 1.31 bits per heavy atom. The van der Waals surface area contributed by atoms with Crippen molar-refractivity contribution in [1.82, 2.24) is 9.47 Å². The van der Waals surface area contributed by atoms with Gasteiger partial charge < -0.3 is 10.0 Å². The number of aliphatic imine (C=N–C) groups is 1. The van der Waals surface area contributed by atoms with Gasteiger partial charge in [-0.25, -0.2) is 4.39 Å². The zero-order chi connectivity index (χ0) is 21.0. The largest absolute Gasteiger partial charge is 0.494 e. The van der Waals surface area contributed by atoms with Crippen molar-refractivity contribution < 1.29 is 14.3 Å². The van der Waals surface area contributed by atoms with Gasteiger partial charge in [0.1, 0.15) is 17.4 Å². The molecule has 1 aliphatic heterocycles. The Hall–Kier alpha value is -3.47.